The van der Waals surface area contributed by atoms with Crippen LogP contribution in [0.4, 0.5) is 0 Å². The van der Waals surface area contributed by atoms with Gasteiger partial charge in [-0.25, -0.2) is 0 Å². The molecular formula is C15H13NOS. The molecule has 3 heteroatoms. The van der Waals surface area contributed by atoms with E-state index in [9.17, 15) is 5.11 Å². The van der Waals surface area contributed by atoms with Crippen LogP contribution in [-0.4, -0.2) is 10.1 Å². The van der Waals surface area contributed by atoms with Crippen molar-refractivity contribution >= 4 is 22.1 Å². The molecule has 1 atom stereocenters. The molecule has 3 aromatic rings. The fraction of sp³-hybridized carbons (Fsp3) is 0.133. The molecule has 0 saturated heterocycles. The van der Waals surface area contributed by atoms with Crippen LogP contribution in [0.5, 0.6) is 0 Å². The Morgan fingerprint density at radius 2 is 2.00 bits per heavy atom. The molecule has 1 N–H and O–H groups in total. The Kier molecular flexibility index (Phi) is 3.09. The highest BCUT2D eigenvalue weighted by Gasteiger charge is 2.13. The van der Waals surface area contributed by atoms with Crippen molar-refractivity contribution in [3.63, 3.8) is 0 Å². The SMILES string of the molecule is OC(Cc1cccs1)c1nccc2ccccc12. The number of fused-ring (bicyclic) bond motifs is 1. The average molecular weight is 255 g/mol. The maximum atomic E-state index is 10.3. The molecule has 0 aliphatic heterocycles. The van der Waals surface area contributed by atoms with Gasteiger partial charge in [0.05, 0.1) is 5.69 Å². The lowest BCUT2D eigenvalue weighted by Gasteiger charge is -2.11. The van der Waals surface area contributed by atoms with Crippen LogP contribution in [0.15, 0.2) is 54.0 Å². The molecule has 0 fully saturated rings. The summed E-state index contributed by atoms with van der Waals surface area (Å²) in [5, 5.41) is 14.5. The van der Waals surface area contributed by atoms with E-state index in [-0.39, 0.29) is 0 Å². The summed E-state index contributed by atoms with van der Waals surface area (Å²) in [6.45, 7) is 0. The van der Waals surface area contributed by atoms with E-state index in [0.717, 1.165) is 16.5 Å². The maximum absolute atomic E-state index is 10.3. The number of aliphatic hydroxyl groups is 1. The van der Waals surface area contributed by atoms with E-state index in [1.807, 2.05) is 47.8 Å². The summed E-state index contributed by atoms with van der Waals surface area (Å²) in [5.41, 5.74) is 0.765. The zero-order valence-electron chi connectivity index (χ0n) is 9.78. The van der Waals surface area contributed by atoms with E-state index in [4.69, 9.17) is 0 Å². The normalized spacial score (nSPS) is 12.7. The van der Waals surface area contributed by atoms with E-state index in [1.54, 1.807) is 17.5 Å². The first-order chi connectivity index (χ1) is 8.84. The Morgan fingerprint density at radius 3 is 2.83 bits per heavy atom. The minimum atomic E-state index is -0.547. The van der Waals surface area contributed by atoms with Gasteiger partial charge in [0, 0.05) is 22.9 Å². The van der Waals surface area contributed by atoms with E-state index < -0.39 is 6.10 Å². The molecule has 1 aromatic carbocycles. The third-order valence-electron chi connectivity index (χ3n) is 2.99. The standard InChI is InChI=1S/C15H13NOS/c17-14(10-12-5-3-9-18-12)15-13-6-2-1-4-11(13)7-8-16-15/h1-9,14,17H,10H2. The minimum absolute atomic E-state index is 0.547. The first kappa shape index (κ1) is 11.4. The van der Waals surface area contributed by atoms with Crippen molar-refractivity contribution in [1.82, 2.24) is 4.98 Å². The zero-order chi connectivity index (χ0) is 12.4. The summed E-state index contributed by atoms with van der Waals surface area (Å²) in [6, 6.07) is 14.0. The number of thiophene rings is 1. The monoisotopic (exact) mass is 255 g/mol. The summed E-state index contributed by atoms with van der Waals surface area (Å²) >= 11 is 1.66. The second-order valence-electron chi connectivity index (χ2n) is 4.22. The maximum Gasteiger partial charge on any atom is 0.101 e. The molecule has 90 valence electrons. The first-order valence-electron chi connectivity index (χ1n) is 5.89. The van der Waals surface area contributed by atoms with E-state index in [2.05, 4.69) is 4.98 Å². The molecule has 0 bridgehead atoms. The lowest BCUT2D eigenvalue weighted by molar-refractivity contribution is 0.176. The fourth-order valence-corrected chi connectivity index (χ4v) is 2.87. The van der Waals surface area contributed by atoms with E-state index in [0.29, 0.717) is 6.42 Å². The van der Waals surface area contributed by atoms with Crippen LogP contribution in [0, 0.1) is 0 Å². The number of nitrogens with zero attached hydrogens (tertiary/aromatic N) is 1. The summed E-state index contributed by atoms with van der Waals surface area (Å²) in [5.74, 6) is 0. The molecule has 2 heterocycles. The minimum Gasteiger partial charge on any atom is -0.386 e. The fourth-order valence-electron chi connectivity index (χ4n) is 2.12. The third-order valence-corrected chi connectivity index (χ3v) is 3.89. The summed E-state index contributed by atoms with van der Waals surface area (Å²) in [6.07, 6.45) is 1.84. The van der Waals surface area contributed by atoms with Gasteiger partial charge in [-0.3, -0.25) is 4.98 Å². The molecule has 2 nitrogen and oxygen atoms in total. The number of hydrogen-bond donors (Lipinski definition) is 1. The van der Waals surface area contributed by atoms with Crippen molar-refractivity contribution in [2.24, 2.45) is 0 Å². The molecule has 18 heavy (non-hydrogen) atoms. The largest absolute Gasteiger partial charge is 0.386 e. The number of rotatable bonds is 3. The van der Waals surface area contributed by atoms with Gasteiger partial charge in [0.2, 0.25) is 0 Å². The van der Waals surface area contributed by atoms with Crippen LogP contribution in [-0.2, 0) is 6.42 Å². The van der Waals surface area contributed by atoms with E-state index >= 15 is 0 Å². The van der Waals surface area contributed by atoms with Crippen molar-refractivity contribution in [2.45, 2.75) is 12.5 Å². The molecule has 0 aliphatic carbocycles. The second kappa shape index (κ2) is 4.88. The predicted molar refractivity (Wildman–Crippen MR) is 74.7 cm³/mol. The quantitative estimate of drug-likeness (QED) is 0.776. The van der Waals surface area contributed by atoms with Crippen molar-refractivity contribution < 1.29 is 5.11 Å². The van der Waals surface area contributed by atoms with Gasteiger partial charge in [0.1, 0.15) is 6.10 Å². The van der Waals surface area contributed by atoms with Gasteiger partial charge in [0.15, 0.2) is 0 Å². The van der Waals surface area contributed by atoms with Crippen LogP contribution in [0.1, 0.15) is 16.7 Å². The predicted octanol–water partition coefficient (Wildman–Crippen LogP) is 3.57. The summed E-state index contributed by atoms with van der Waals surface area (Å²) < 4.78 is 0. The van der Waals surface area contributed by atoms with Gasteiger partial charge >= 0.3 is 0 Å². The number of pyridine rings is 1. The molecule has 0 saturated carbocycles. The van der Waals surface area contributed by atoms with Gasteiger partial charge in [-0.2, -0.15) is 0 Å². The molecule has 0 amide bonds. The smallest absolute Gasteiger partial charge is 0.101 e. The van der Waals surface area contributed by atoms with Gasteiger partial charge in [0.25, 0.3) is 0 Å². The highest BCUT2D eigenvalue weighted by Crippen LogP contribution is 2.25. The highest BCUT2D eigenvalue weighted by molar-refractivity contribution is 7.09. The van der Waals surface area contributed by atoms with Crippen molar-refractivity contribution in [1.29, 1.82) is 0 Å². The topological polar surface area (TPSA) is 33.1 Å². The Bertz CT molecular complexity index is 643. The van der Waals surface area contributed by atoms with Crippen LogP contribution in [0.25, 0.3) is 10.8 Å². The molecular weight excluding hydrogens is 242 g/mol. The van der Waals surface area contributed by atoms with Crippen LogP contribution < -0.4 is 0 Å². The number of hydrogen-bond acceptors (Lipinski definition) is 3. The van der Waals surface area contributed by atoms with Crippen LogP contribution >= 0.6 is 11.3 Å². The second-order valence-corrected chi connectivity index (χ2v) is 5.25. The summed E-state index contributed by atoms with van der Waals surface area (Å²) in [7, 11) is 0. The molecule has 0 aliphatic rings. The van der Waals surface area contributed by atoms with Crippen molar-refractivity contribution in [3.8, 4) is 0 Å². The Morgan fingerprint density at radius 1 is 1.11 bits per heavy atom. The average Bonchev–Trinajstić information content (AvgIpc) is 2.91. The van der Waals surface area contributed by atoms with Crippen molar-refractivity contribution in [3.05, 3.63) is 64.6 Å². The molecule has 0 spiro atoms. The third kappa shape index (κ3) is 2.15. The molecule has 2 aromatic heterocycles. The molecule has 1 unspecified atom stereocenters. The molecule has 0 radical (unpaired) electrons. The zero-order valence-corrected chi connectivity index (χ0v) is 10.6. The Balaban J connectivity index is 1.98. The van der Waals surface area contributed by atoms with Crippen LogP contribution in [0.3, 0.4) is 0 Å². The highest BCUT2D eigenvalue weighted by atomic mass is 32.1. The van der Waals surface area contributed by atoms with Gasteiger partial charge < -0.3 is 5.11 Å². The number of benzene rings is 1. The lowest BCUT2D eigenvalue weighted by Crippen LogP contribution is -2.03. The van der Waals surface area contributed by atoms with Gasteiger partial charge in [-0.1, -0.05) is 30.3 Å². The van der Waals surface area contributed by atoms with Crippen molar-refractivity contribution in [2.75, 3.05) is 0 Å². The number of aliphatic hydroxyl groups excluding tert-OH is 1. The van der Waals surface area contributed by atoms with E-state index in [1.165, 1.54) is 4.88 Å². The lowest BCUT2D eigenvalue weighted by atomic mass is 10.0. The summed E-state index contributed by atoms with van der Waals surface area (Å²) in [4.78, 5) is 5.52. The first-order valence-corrected chi connectivity index (χ1v) is 6.76. The Hall–Kier alpha value is -1.71. The Labute approximate surface area is 110 Å². The van der Waals surface area contributed by atoms with Gasteiger partial charge in [-0.15, -0.1) is 11.3 Å². The number of aromatic nitrogens is 1. The van der Waals surface area contributed by atoms with Crippen LogP contribution in [0.2, 0.25) is 0 Å². The van der Waals surface area contributed by atoms with Gasteiger partial charge in [-0.05, 0) is 22.9 Å². The molecule has 3 rings (SSSR count).